The van der Waals surface area contributed by atoms with Crippen molar-refractivity contribution in [2.75, 3.05) is 20.2 Å². The molecule has 200 valence electrons. The third kappa shape index (κ3) is 7.34. The van der Waals surface area contributed by atoms with Crippen molar-refractivity contribution in [2.24, 2.45) is 17.8 Å². The number of carbonyl (C=O) groups excluding carboxylic acids is 1. The van der Waals surface area contributed by atoms with Crippen molar-refractivity contribution in [1.82, 2.24) is 4.90 Å². The molecule has 2 aliphatic rings. The minimum absolute atomic E-state index is 0.00694. The maximum atomic E-state index is 13.8. The van der Waals surface area contributed by atoms with Crippen LogP contribution in [0.4, 0.5) is 17.7 Å². The molecule has 4 nitrogen and oxygen atoms in total. The minimum atomic E-state index is -4.46. The van der Waals surface area contributed by atoms with Crippen molar-refractivity contribution in [3.05, 3.63) is 42.0 Å². The van der Waals surface area contributed by atoms with Crippen LogP contribution < -0.4 is 4.94 Å². The van der Waals surface area contributed by atoms with Gasteiger partial charge >= 0.3 is 12.1 Å². The number of alkyl halides is 3. The number of likely N-dealkylation sites (tertiary alicyclic amines) is 1. The first-order chi connectivity index (χ1) is 17.1. The molecule has 0 aromatic heterocycles. The van der Waals surface area contributed by atoms with Crippen molar-refractivity contribution in [1.29, 1.82) is 0 Å². The van der Waals surface area contributed by atoms with E-state index in [1.807, 2.05) is 0 Å². The normalized spacial score (nSPS) is 19.0. The highest BCUT2D eigenvalue weighted by Gasteiger charge is 2.46. The Morgan fingerprint density at radius 1 is 0.944 bits per heavy atom. The van der Waals surface area contributed by atoms with Crippen LogP contribution in [0.25, 0.3) is 10.8 Å². The van der Waals surface area contributed by atoms with Gasteiger partial charge in [0.05, 0.1) is 13.0 Å². The number of benzene rings is 2. The molecule has 1 saturated heterocycles. The van der Waals surface area contributed by atoms with Crippen LogP contribution in [-0.4, -0.2) is 37.2 Å². The summed E-state index contributed by atoms with van der Waals surface area (Å²) in [5.41, 5.74) is 0.112. The fourth-order valence-electron chi connectivity index (χ4n) is 5.43. The number of fused-ring (bicyclic) bond motifs is 1. The molecule has 0 radical (unpaired) electrons. The van der Waals surface area contributed by atoms with Gasteiger partial charge in [-0.2, -0.15) is 13.2 Å². The van der Waals surface area contributed by atoms with Gasteiger partial charge in [-0.15, -0.1) is 0 Å². The molecule has 8 heteroatoms. The van der Waals surface area contributed by atoms with Crippen LogP contribution in [0.15, 0.2) is 36.4 Å². The maximum absolute atomic E-state index is 13.8. The quantitative estimate of drug-likeness (QED) is 0.303. The molecule has 1 saturated carbocycles. The first-order valence-electron chi connectivity index (χ1n) is 12.8. The highest BCUT2D eigenvalue weighted by molar-refractivity contribution is 5.84. The topological polar surface area (TPSA) is 38.8 Å². The summed E-state index contributed by atoms with van der Waals surface area (Å²) in [6.45, 7) is 5.01. The average Bonchev–Trinajstić information content (AvgIpc) is 2.88. The summed E-state index contributed by atoms with van der Waals surface area (Å²) in [5, 5.41) is 1.14. The predicted molar refractivity (Wildman–Crippen MR) is 132 cm³/mol. The zero-order valence-electron chi connectivity index (χ0n) is 21.3. The molecule has 0 bridgehead atoms. The van der Waals surface area contributed by atoms with E-state index in [1.165, 1.54) is 80.5 Å². The molecule has 36 heavy (non-hydrogen) atoms. The van der Waals surface area contributed by atoms with Gasteiger partial charge in [0.2, 0.25) is 0 Å². The van der Waals surface area contributed by atoms with Crippen LogP contribution >= 0.6 is 0 Å². The molecule has 2 aromatic rings. The van der Waals surface area contributed by atoms with Gasteiger partial charge in [-0.3, -0.25) is 14.6 Å². The van der Waals surface area contributed by atoms with Crippen LogP contribution in [0.5, 0.6) is 5.75 Å². The Kier molecular flexibility index (Phi) is 10.00. The molecule has 4 rings (SSSR count). The van der Waals surface area contributed by atoms with Crippen LogP contribution in [0, 0.1) is 17.8 Å². The molecule has 2 aromatic carbocycles. The third-order valence-electron chi connectivity index (χ3n) is 7.57. The summed E-state index contributed by atoms with van der Waals surface area (Å²) in [6, 6.07) is 6.91. The van der Waals surface area contributed by atoms with Crippen molar-refractivity contribution in [3.63, 3.8) is 0 Å². The summed E-state index contributed by atoms with van der Waals surface area (Å²) < 4.78 is 58.5. The first-order valence-corrected chi connectivity index (χ1v) is 12.8. The fourth-order valence-corrected chi connectivity index (χ4v) is 5.43. The monoisotopic (exact) mass is 511 g/mol. The lowest BCUT2D eigenvalue weighted by Gasteiger charge is -2.37. The number of esters is 1. The summed E-state index contributed by atoms with van der Waals surface area (Å²) in [4.78, 5) is 16.6. The van der Waals surface area contributed by atoms with Crippen molar-refractivity contribution in [2.45, 2.75) is 71.0 Å². The lowest BCUT2D eigenvalue weighted by molar-refractivity contribution is -0.190. The Hall–Kier alpha value is -2.35. The number of ether oxygens (including phenoxy) is 1. The molecule has 1 aliphatic carbocycles. The van der Waals surface area contributed by atoms with Crippen molar-refractivity contribution >= 4 is 16.7 Å². The van der Waals surface area contributed by atoms with Gasteiger partial charge in [0.25, 0.3) is 0 Å². The zero-order chi connectivity index (χ0) is 26.3. The average molecular weight is 512 g/mol. The molecule has 0 amide bonds. The van der Waals surface area contributed by atoms with Gasteiger partial charge in [-0.05, 0) is 72.3 Å². The van der Waals surface area contributed by atoms with Gasteiger partial charge in [0.15, 0.2) is 5.75 Å². The number of rotatable bonds is 5. The second-order valence-electron chi connectivity index (χ2n) is 10.3. The smallest absolute Gasteiger partial charge is 0.408 e. The van der Waals surface area contributed by atoms with E-state index in [-0.39, 0.29) is 36.3 Å². The number of hydrogen-bond donors (Lipinski definition) is 0. The van der Waals surface area contributed by atoms with E-state index in [0.29, 0.717) is 23.6 Å². The zero-order valence-corrected chi connectivity index (χ0v) is 21.3. The minimum Gasteiger partial charge on any atom is -0.469 e. The number of hydrogen-bond acceptors (Lipinski definition) is 4. The largest absolute Gasteiger partial charge is 0.469 e. The lowest BCUT2D eigenvalue weighted by Crippen LogP contribution is -2.44. The Labute approximate surface area is 210 Å². The first kappa shape index (κ1) is 28.2. The van der Waals surface area contributed by atoms with Crippen LogP contribution in [0.2, 0.25) is 0 Å². The number of methoxy groups -OCH3 is 1. The maximum Gasteiger partial charge on any atom is 0.408 e. The van der Waals surface area contributed by atoms with E-state index in [4.69, 9.17) is 0 Å². The predicted octanol–water partition coefficient (Wildman–Crippen LogP) is 7.81. The van der Waals surface area contributed by atoms with E-state index in [2.05, 4.69) is 23.5 Å². The number of carbonyl (C=O) groups is 1. The van der Waals surface area contributed by atoms with E-state index in [0.717, 1.165) is 11.8 Å². The molecule has 1 aliphatic heterocycles. The number of piperidine rings is 1. The summed E-state index contributed by atoms with van der Waals surface area (Å²) in [7, 11) is 1.28. The van der Waals surface area contributed by atoms with Gasteiger partial charge in [-0.25, -0.2) is 0 Å². The second-order valence-corrected chi connectivity index (χ2v) is 10.3. The van der Waals surface area contributed by atoms with Crippen LogP contribution in [0.1, 0.15) is 70.4 Å². The molecular formula is C28H37F4NO3. The van der Waals surface area contributed by atoms with E-state index >= 15 is 0 Å². The van der Waals surface area contributed by atoms with Crippen molar-refractivity contribution < 1.29 is 32.2 Å². The second kappa shape index (κ2) is 12.7. The number of nitrogens with zero attached hydrogens (tertiary/aromatic N) is 1. The highest BCUT2D eigenvalue weighted by atomic mass is 19.4. The van der Waals surface area contributed by atoms with Gasteiger partial charge < -0.3 is 4.74 Å². The summed E-state index contributed by atoms with van der Waals surface area (Å²) in [5.74, 6) is 1.24. The molecule has 1 atom stereocenters. The van der Waals surface area contributed by atoms with Gasteiger partial charge in [0.1, 0.15) is 6.04 Å². The fraction of sp³-hybridized carbons (Fsp3) is 0.607. The van der Waals surface area contributed by atoms with E-state index in [9.17, 15) is 22.5 Å². The van der Waals surface area contributed by atoms with E-state index in [1.54, 1.807) is 0 Å². The highest BCUT2D eigenvalue weighted by Crippen LogP contribution is 2.41. The molecule has 0 spiro atoms. The summed E-state index contributed by atoms with van der Waals surface area (Å²) >= 11 is 0. The van der Waals surface area contributed by atoms with Crippen molar-refractivity contribution in [3.8, 4) is 5.75 Å². The molecule has 1 unspecified atom stereocenters. The van der Waals surface area contributed by atoms with E-state index < -0.39 is 12.2 Å². The van der Waals surface area contributed by atoms with Gasteiger partial charge in [0, 0.05) is 4.53 Å². The summed E-state index contributed by atoms with van der Waals surface area (Å²) in [6.07, 6.45) is 3.64. The molecular weight excluding hydrogens is 474 g/mol. The SMILES string of the molecule is CC(C)C1CCCCC1.COC(=O)C1CCN(C(c2ccc3cc(OF)ccc3c2)C(F)(F)F)CC1. The standard InChI is InChI=1S/C19H19F4NO3.C9H18/c1-26-18(25)12-6-8-24(9-7-12)17(19(20,21)22)15-3-2-14-11-16(27-23)5-4-13(14)10-15;1-8(2)9-6-4-3-5-7-9/h2-5,10-12,17H,6-9H2,1H3;8-9H,3-7H2,1-2H3. The Morgan fingerprint density at radius 3 is 2.08 bits per heavy atom. The Balaban J connectivity index is 0.000000338. The van der Waals surface area contributed by atoms with Gasteiger partial charge in [-0.1, -0.05) is 64.2 Å². The molecule has 0 N–H and O–H groups in total. The Bertz CT molecular complexity index is 980. The Morgan fingerprint density at radius 2 is 1.56 bits per heavy atom. The van der Waals surface area contributed by atoms with Crippen LogP contribution in [-0.2, 0) is 9.53 Å². The third-order valence-corrected chi connectivity index (χ3v) is 7.57. The number of halogens is 4. The van der Waals surface area contributed by atoms with Crippen LogP contribution in [0.3, 0.4) is 0 Å². The lowest BCUT2D eigenvalue weighted by atomic mass is 9.82. The molecule has 1 heterocycles. The molecule has 2 fully saturated rings.